The van der Waals surface area contributed by atoms with Gasteiger partial charge in [-0.05, 0) is 34.4 Å². The van der Waals surface area contributed by atoms with Gasteiger partial charge in [-0.2, -0.15) is 5.10 Å². The number of aromatic amines is 1. The van der Waals surface area contributed by atoms with Gasteiger partial charge in [0.1, 0.15) is 6.33 Å². The molecule has 4 rings (SSSR count). The van der Waals surface area contributed by atoms with Crippen molar-refractivity contribution < 1.29 is 4.79 Å². The molecule has 1 aromatic carbocycles. The van der Waals surface area contributed by atoms with E-state index in [2.05, 4.69) is 50.0 Å². The summed E-state index contributed by atoms with van der Waals surface area (Å²) >= 11 is 0. The zero-order chi connectivity index (χ0) is 18.5. The van der Waals surface area contributed by atoms with Crippen LogP contribution in [0.25, 0.3) is 0 Å². The fourth-order valence-electron chi connectivity index (χ4n) is 3.72. The number of nitrogens with zero attached hydrogens (tertiary/aromatic N) is 6. The number of carbonyl (C=O) groups is 1. The van der Waals surface area contributed by atoms with Crippen LogP contribution in [0.2, 0.25) is 0 Å². The van der Waals surface area contributed by atoms with Crippen LogP contribution >= 0.6 is 0 Å². The van der Waals surface area contributed by atoms with Gasteiger partial charge < -0.3 is 4.90 Å². The van der Waals surface area contributed by atoms with E-state index in [4.69, 9.17) is 0 Å². The van der Waals surface area contributed by atoms with Crippen LogP contribution in [-0.4, -0.2) is 54.3 Å². The molecule has 3 aromatic rings. The first kappa shape index (κ1) is 17.4. The predicted molar refractivity (Wildman–Crippen MR) is 98.8 cm³/mol. The van der Waals surface area contributed by atoms with E-state index < -0.39 is 0 Å². The molecule has 0 saturated carbocycles. The van der Waals surface area contributed by atoms with E-state index >= 15 is 0 Å². The first-order valence-electron chi connectivity index (χ1n) is 9.34. The van der Waals surface area contributed by atoms with Crippen molar-refractivity contribution in [2.24, 2.45) is 0 Å². The zero-order valence-corrected chi connectivity index (χ0v) is 15.2. The molecule has 1 amide bonds. The first-order chi connectivity index (χ1) is 13.3. The van der Waals surface area contributed by atoms with Gasteiger partial charge in [-0.1, -0.05) is 30.3 Å². The summed E-state index contributed by atoms with van der Waals surface area (Å²) < 4.78 is 1.59. The maximum absolute atomic E-state index is 12.6. The summed E-state index contributed by atoms with van der Waals surface area (Å²) in [6.45, 7) is 2.06. The molecule has 0 bridgehead atoms. The van der Waals surface area contributed by atoms with Crippen molar-refractivity contribution in [3.05, 3.63) is 59.7 Å². The molecule has 1 aliphatic heterocycles. The van der Waals surface area contributed by atoms with Gasteiger partial charge in [0.15, 0.2) is 0 Å². The fourth-order valence-corrected chi connectivity index (χ4v) is 3.72. The highest BCUT2D eigenvalue weighted by Crippen LogP contribution is 2.29. The average Bonchev–Trinajstić information content (AvgIpc) is 3.39. The summed E-state index contributed by atoms with van der Waals surface area (Å²) in [5.41, 5.74) is 3.65. The molecule has 1 aliphatic rings. The van der Waals surface area contributed by atoms with Crippen molar-refractivity contribution in [2.45, 2.75) is 38.1 Å². The summed E-state index contributed by atoms with van der Waals surface area (Å²) in [5, 5.41) is 18.5. The maximum Gasteiger partial charge on any atom is 0.224 e. The fraction of sp³-hybridized carbons (Fsp3) is 0.421. The van der Waals surface area contributed by atoms with Crippen LogP contribution < -0.4 is 0 Å². The van der Waals surface area contributed by atoms with Crippen LogP contribution in [0.5, 0.6) is 0 Å². The van der Waals surface area contributed by atoms with E-state index in [1.165, 1.54) is 17.5 Å². The number of carbonyl (C=O) groups excluding carboxylic acids is 1. The molecular weight excluding hydrogens is 342 g/mol. The van der Waals surface area contributed by atoms with Crippen LogP contribution in [0.3, 0.4) is 0 Å². The standard InChI is InChI=1S/C19H23N7O/c27-18(8-10-26-14-21-23-24-26)25-9-4-7-16(13-25)19-17(12-20-22-19)11-15-5-2-1-3-6-15/h1-3,5-6,12,14,16H,4,7-11,13H2,(H,20,22)/t16-/m1/s1. The normalized spacial score (nSPS) is 17.2. The van der Waals surface area contributed by atoms with Gasteiger partial charge in [-0.3, -0.25) is 9.89 Å². The highest BCUT2D eigenvalue weighted by molar-refractivity contribution is 5.76. The number of likely N-dealkylation sites (tertiary alicyclic amines) is 1. The quantitative estimate of drug-likeness (QED) is 0.719. The number of aryl methyl sites for hydroxylation is 1. The van der Waals surface area contributed by atoms with Gasteiger partial charge in [-0.25, -0.2) is 4.68 Å². The smallest absolute Gasteiger partial charge is 0.224 e. The molecule has 8 heteroatoms. The second-order valence-corrected chi connectivity index (χ2v) is 6.97. The molecule has 3 heterocycles. The molecule has 0 aliphatic carbocycles. The van der Waals surface area contributed by atoms with Gasteiger partial charge in [0.05, 0.1) is 12.7 Å². The molecule has 27 heavy (non-hydrogen) atoms. The second-order valence-electron chi connectivity index (χ2n) is 6.97. The number of hydrogen-bond donors (Lipinski definition) is 1. The monoisotopic (exact) mass is 365 g/mol. The Morgan fingerprint density at radius 2 is 2.15 bits per heavy atom. The number of aromatic nitrogens is 6. The van der Waals surface area contributed by atoms with E-state index in [1.807, 2.05) is 17.2 Å². The van der Waals surface area contributed by atoms with Crippen molar-refractivity contribution in [1.29, 1.82) is 0 Å². The third-order valence-electron chi connectivity index (χ3n) is 5.12. The minimum atomic E-state index is 0.152. The summed E-state index contributed by atoms with van der Waals surface area (Å²) in [6, 6.07) is 10.4. The van der Waals surface area contributed by atoms with Crippen LogP contribution in [0.15, 0.2) is 42.9 Å². The van der Waals surface area contributed by atoms with Crippen LogP contribution in [0, 0.1) is 0 Å². The Balaban J connectivity index is 1.40. The highest BCUT2D eigenvalue weighted by Gasteiger charge is 2.27. The number of hydrogen-bond acceptors (Lipinski definition) is 5. The van der Waals surface area contributed by atoms with E-state index in [9.17, 15) is 4.79 Å². The van der Waals surface area contributed by atoms with Gasteiger partial charge >= 0.3 is 0 Å². The first-order valence-corrected chi connectivity index (χ1v) is 9.34. The number of piperidine rings is 1. The summed E-state index contributed by atoms with van der Waals surface area (Å²) in [4.78, 5) is 14.6. The van der Waals surface area contributed by atoms with Crippen LogP contribution in [0.1, 0.15) is 42.0 Å². The summed E-state index contributed by atoms with van der Waals surface area (Å²) in [7, 11) is 0. The molecule has 8 nitrogen and oxygen atoms in total. The second kappa shape index (κ2) is 8.11. The Hall–Kier alpha value is -3.03. The highest BCUT2D eigenvalue weighted by atomic mass is 16.2. The van der Waals surface area contributed by atoms with Gasteiger partial charge in [-0.15, -0.1) is 5.10 Å². The Bertz CT molecular complexity index is 859. The van der Waals surface area contributed by atoms with Crippen molar-refractivity contribution in [3.8, 4) is 0 Å². The molecule has 0 unspecified atom stereocenters. The van der Waals surface area contributed by atoms with Crippen molar-refractivity contribution in [1.82, 2.24) is 35.3 Å². The Labute approximate surface area is 157 Å². The molecule has 2 aromatic heterocycles. The predicted octanol–water partition coefficient (Wildman–Crippen LogP) is 1.78. The zero-order valence-electron chi connectivity index (χ0n) is 15.2. The third kappa shape index (κ3) is 4.21. The van der Waals surface area contributed by atoms with Gasteiger partial charge in [0, 0.05) is 37.5 Å². The molecular formula is C19H23N7O. The van der Waals surface area contributed by atoms with E-state index in [1.54, 1.807) is 4.68 Å². The Morgan fingerprint density at radius 1 is 1.26 bits per heavy atom. The summed E-state index contributed by atoms with van der Waals surface area (Å²) in [6.07, 6.45) is 6.80. The molecule has 140 valence electrons. The SMILES string of the molecule is O=C(CCn1cnnn1)N1CCC[C@@H](c2[nH]ncc2Cc2ccccc2)C1. The third-order valence-corrected chi connectivity index (χ3v) is 5.12. The van der Waals surface area contributed by atoms with Crippen LogP contribution in [-0.2, 0) is 17.8 Å². The minimum absolute atomic E-state index is 0.152. The molecule has 1 N–H and O–H groups in total. The number of H-pyrrole nitrogens is 1. The lowest BCUT2D eigenvalue weighted by atomic mass is 9.90. The lowest BCUT2D eigenvalue weighted by molar-refractivity contribution is -0.132. The molecule has 1 fully saturated rings. The molecule has 0 radical (unpaired) electrons. The topological polar surface area (TPSA) is 92.6 Å². The van der Waals surface area contributed by atoms with Crippen molar-refractivity contribution in [3.63, 3.8) is 0 Å². The summed E-state index contributed by atoms with van der Waals surface area (Å²) in [5.74, 6) is 0.455. The van der Waals surface area contributed by atoms with Crippen molar-refractivity contribution in [2.75, 3.05) is 13.1 Å². The van der Waals surface area contributed by atoms with E-state index in [0.29, 0.717) is 18.9 Å². The average molecular weight is 365 g/mol. The number of tetrazole rings is 1. The maximum atomic E-state index is 12.6. The molecule has 0 spiro atoms. The van der Waals surface area contributed by atoms with E-state index in [-0.39, 0.29) is 5.91 Å². The number of rotatable bonds is 6. The lowest BCUT2D eigenvalue weighted by Crippen LogP contribution is -2.39. The van der Waals surface area contributed by atoms with Gasteiger partial charge in [0.2, 0.25) is 5.91 Å². The number of benzene rings is 1. The molecule has 1 atom stereocenters. The molecule has 1 saturated heterocycles. The number of nitrogens with one attached hydrogen (secondary N) is 1. The largest absolute Gasteiger partial charge is 0.342 e. The van der Waals surface area contributed by atoms with Crippen LogP contribution in [0.4, 0.5) is 0 Å². The Kier molecular flexibility index (Phi) is 5.22. The Morgan fingerprint density at radius 3 is 2.96 bits per heavy atom. The van der Waals surface area contributed by atoms with Crippen molar-refractivity contribution >= 4 is 5.91 Å². The van der Waals surface area contributed by atoms with E-state index in [0.717, 1.165) is 38.0 Å². The minimum Gasteiger partial charge on any atom is -0.342 e. The van der Waals surface area contributed by atoms with Gasteiger partial charge in [0.25, 0.3) is 0 Å². The lowest BCUT2D eigenvalue weighted by Gasteiger charge is -2.33. The number of amides is 1.